The van der Waals surface area contributed by atoms with Crippen LogP contribution in [-0.4, -0.2) is 28.9 Å². The third-order valence-corrected chi connectivity index (χ3v) is 4.31. The molecule has 0 aromatic carbocycles. The fourth-order valence-electron chi connectivity index (χ4n) is 1.41. The van der Waals surface area contributed by atoms with E-state index in [0.29, 0.717) is 10.9 Å². The Morgan fingerprint density at radius 1 is 1.71 bits per heavy atom. The number of nitrogens with zero attached hydrogens (tertiary/aromatic N) is 1. The molecule has 0 amide bonds. The molecule has 0 aliphatic carbocycles. The summed E-state index contributed by atoms with van der Waals surface area (Å²) in [5.41, 5.74) is 0.561. The predicted octanol–water partition coefficient (Wildman–Crippen LogP) is 2.23. The van der Waals surface area contributed by atoms with Gasteiger partial charge in [0.25, 0.3) is 5.19 Å². The summed E-state index contributed by atoms with van der Waals surface area (Å²) in [7, 11) is 1.57. The van der Waals surface area contributed by atoms with E-state index >= 15 is 0 Å². The van der Waals surface area contributed by atoms with Gasteiger partial charge in [0.15, 0.2) is 5.78 Å². The number of aromatic nitrogens is 1. The lowest BCUT2D eigenvalue weighted by atomic mass is 10.1. The highest BCUT2D eigenvalue weighted by Gasteiger charge is 2.26. The summed E-state index contributed by atoms with van der Waals surface area (Å²) in [6, 6.07) is 0. The predicted molar refractivity (Wildman–Crippen MR) is 58.5 cm³/mol. The standard InChI is InChI=1S/C9H11NO2S2/c1-12-9-10-6(5-14-9)8(11)7-3-2-4-13-7/h5,7H,2-4H2,1H3. The molecule has 3 nitrogen and oxygen atoms in total. The molecule has 0 radical (unpaired) electrons. The zero-order chi connectivity index (χ0) is 9.97. The molecule has 1 atom stereocenters. The van der Waals surface area contributed by atoms with Gasteiger partial charge in [0, 0.05) is 5.38 Å². The van der Waals surface area contributed by atoms with Crippen LogP contribution in [0.3, 0.4) is 0 Å². The number of thioether (sulfide) groups is 1. The van der Waals surface area contributed by atoms with Gasteiger partial charge in [-0.05, 0) is 18.6 Å². The van der Waals surface area contributed by atoms with Crippen LogP contribution >= 0.6 is 23.1 Å². The molecule has 0 spiro atoms. The van der Waals surface area contributed by atoms with Crippen molar-refractivity contribution in [2.75, 3.05) is 12.9 Å². The highest BCUT2D eigenvalue weighted by molar-refractivity contribution is 8.00. The Morgan fingerprint density at radius 2 is 2.57 bits per heavy atom. The van der Waals surface area contributed by atoms with E-state index in [1.165, 1.54) is 11.3 Å². The SMILES string of the molecule is COc1nc(C(=O)C2CCCS2)cs1. The maximum Gasteiger partial charge on any atom is 0.273 e. The molecule has 1 unspecified atom stereocenters. The lowest BCUT2D eigenvalue weighted by Gasteiger charge is -2.03. The van der Waals surface area contributed by atoms with Crippen molar-refractivity contribution in [3.8, 4) is 5.19 Å². The summed E-state index contributed by atoms with van der Waals surface area (Å²) in [6.45, 7) is 0. The molecule has 5 heteroatoms. The Balaban J connectivity index is 2.09. The first-order valence-corrected chi connectivity index (χ1v) is 6.39. The van der Waals surface area contributed by atoms with Crippen LogP contribution in [0.25, 0.3) is 0 Å². The first-order chi connectivity index (χ1) is 6.81. The van der Waals surface area contributed by atoms with Gasteiger partial charge >= 0.3 is 0 Å². The Morgan fingerprint density at radius 3 is 3.14 bits per heavy atom. The fourth-order valence-corrected chi connectivity index (χ4v) is 3.27. The maximum absolute atomic E-state index is 11.8. The van der Waals surface area contributed by atoms with Crippen LogP contribution in [0.2, 0.25) is 0 Å². The summed E-state index contributed by atoms with van der Waals surface area (Å²) < 4.78 is 4.96. The van der Waals surface area contributed by atoms with Gasteiger partial charge in [0.2, 0.25) is 0 Å². The average Bonchev–Trinajstić information content (AvgIpc) is 2.88. The number of ether oxygens (including phenoxy) is 1. The van der Waals surface area contributed by atoms with E-state index in [1.807, 2.05) is 0 Å². The molecule has 1 aliphatic heterocycles. The summed E-state index contributed by atoms with van der Waals surface area (Å²) in [5, 5.41) is 2.47. The van der Waals surface area contributed by atoms with Gasteiger partial charge in [-0.1, -0.05) is 11.3 Å². The third-order valence-electron chi connectivity index (χ3n) is 2.13. The minimum absolute atomic E-state index is 0.127. The van der Waals surface area contributed by atoms with Crippen molar-refractivity contribution in [1.29, 1.82) is 0 Å². The van der Waals surface area contributed by atoms with Gasteiger partial charge in [-0.2, -0.15) is 16.7 Å². The lowest BCUT2D eigenvalue weighted by Crippen LogP contribution is -2.14. The van der Waals surface area contributed by atoms with Crippen molar-refractivity contribution in [3.05, 3.63) is 11.1 Å². The number of carbonyl (C=O) groups excluding carboxylic acids is 1. The zero-order valence-corrected chi connectivity index (χ0v) is 9.49. The second-order valence-electron chi connectivity index (χ2n) is 3.07. The number of methoxy groups -OCH3 is 1. The van der Waals surface area contributed by atoms with Crippen molar-refractivity contribution in [2.45, 2.75) is 18.1 Å². The van der Waals surface area contributed by atoms with Gasteiger partial charge in [0.05, 0.1) is 12.4 Å². The maximum atomic E-state index is 11.8. The van der Waals surface area contributed by atoms with Crippen molar-refractivity contribution >= 4 is 28.9 Å². The van der Waals surface area contributed by atoms with Crippen LogP contribution in [0.15, 0.2) is 5.38 Å². The van der Waals surface area contributed by atoms with Crippen LogP contribution in [0.5, 0.6) is 5.19 Å². The van der Waals surface area contributed by atoms with E-state index in [0.717, 1.165) is 18.6 Å². The third kappa shape index (κ3) is 1.93. The van der Waals surface area contributed by atoms with Crippen LogP contribution in [0, 0.1) is 0 Å². The first kappa shape index (κ1) is 9.98. The Labute approximate surface area is 90.9 Å². The molecule has 1 saturated heterocycles. The number of ketones is 1. The molecule has 2 rings (SSSR count). The number of Topliss-reactive ketones (excluding diaryl/α,β-unsaturated/α-hetero) is 1. The van der Waals surface area contributed by atoms with Crippen molar-refractivity contribution < 1.29 is 9.53 Å². The molecule has 14 heavy (non-hydrogen) atoms. The molecule has 76 valence electrons. The van der Waals surface area contributed by atoms with Crippen molar-refractivity contribution in [3.63, 3.8) is 0 Å². The number of hydrogen-bond donors (Lipinski definition) is 0. The van der Waals surface area contributed by atoms with Crippen LogP contribution in [0.4, 0.5) is 0 Å². The minimum Gasteiger partial charge on any atom is -0.473 e. The minimum atomic E-state index is 0.127. The fraction of sp³-hybridized carbons (Fsp3) is 0.556. The summed E-state index contributed by atoms with van der Waals surface area (Å²) >= 11 is 3.11. The van der Waals surface area contributed by atoms with Gasteiger partial charge in [0.1, 0.15) is 5.69 Å². The molecule has 1 aromatic rings. The highest BCUT2D eigenvalue weighted by atomic mass is 32.2. The summed E-state index contributed by atoms with van der Waals surface area (Å²) in [4.78, 5) is 16.0. The Kier molecular flexibility index (Phi) is 3.08. The van der Waals surface area contributed by atoms with E-state index in [1.54, 1.807) is 24.3 Å². The topological polar surface area (TPSA) is 39.2 Å². The van der Waals surface area contributed by atoms with E-state index in [-0.39, 0.29) is 11.0 Å². The Hall–Kier alpha value is -0.550. The lowest BCUT2D eigenvalue weighted by molar-refractivity contribution is 0.0984. The molecule has 2 heterocycles. The largest absolute Gasteiger partial charge is 0.473 e. The van der Waals surface area contributed by atoms with E-state index in [2.05, 4.69) is 4.98 Å². The quantitative estimate of drug-likeness (QED) is 0.745. The van der Waals surface area contributed by atoms with Crippen molar-refractivity contribution in [2.24, 2.45) is 0 Å². The summed E-state index contributed by atoms with van der Waals surface area (Å²) in [5.74, 6) is 1.25. The number of hydrogen-bond acceptors (Lipinski definition) is 5. The monoisotopic (exact) mass is 229 g/mol. The van der Waals surface area contributed by atoms with E-state index in [4.69, 9.17) is 4.74 Å². The molecule has 0 bridgehead atoms. The number of carbonyl (C=O) groups is 1. The molecular formula is C9H11NO2S2. The van der Waals surface area contributed by atoms with Gasteiger partial charge in [-0.15, -0.1) is 0 Å². The molecular weight excluding hydrogens is 218 g/mol. The van der Waals surface area contributed by atoms with Crippen LogP contribution in [-0.2, 0) is 0 Å². The van der Waals surface area contributed by atoms with Gasteiger partial charge in [-0.3, -0.25) is 4.79 Å². The molecule has 1 aliphatic rings. The van der Waals surface area contributed by atoms with Gasteiger partial charge in [-0.25, -0.2) is 0 Å². The normalized spacial score (nSPS) is 21.1. The smallest absolute Gasteiger partial charge is 0.273 e. The van der Waals surface area contributed by atoms with Crippen LogP contribution < -0.4 is 4.74 Å². The second-order valence-corrected chi connectivity index (χ2v) is 5.20. The molecule has 0 saturated carbocycles. The second kappa shape index (κ2) is 4.31. The Bertz CT molecular complexity index is 331. The first-order valence-electron chi connectivity index (χ1n) is 4.46. The number of thiazole rings is 1. The molecule has 1 fully saturated rings. The molecule has 1 aromatic heterocycles. The average molecular weight is 229 g/mol. The van der Waals surface area contributed by atoms with Crippen LogP contribution in [0.1, 0.15) is 23.3 Å². The zero-order valence-electron chi connectivity index (χ0n) is 7.86. The highest BCUT2D eigenvalue weighted by Crippen LogP contribution is 2.30. The van der Waals surface area contributed by atoms with E-state index in [9.17, 15) is 4.79 Å². The molecule has 0 N–H and O–H groups in total. The van der Waals surface area contributed by atoms with Gasteiger partial charge < -0.3 is 4.74 Å². The summed E-state index contributed by atoms with van der Waals surface area (Å²) in [6.07, 6.45) is 2.13. The van der Waals surface area contributed by atoms with Crippen molar-refractivity contribution in [1.82, 2.24) is 4.98 Å². The van der Waals surface area contributed by atoms with E-state index < -0.39 is 0 Å². The number of rotatable bonds is 3.